The van der Waals surface area contributed by atoms with Gasteiger partial charge in [-0.15, -0.1) is 0 Å². The SMILES string of the molecule is CC(C)NCC1CC1c1cc2ccccc2o1. The molecule has 1 aromatic heterocycles. The number of furan rings is 1. The van der Waals surface area contributed by atoms with Gasteiger partial charge in [0.2, 0.25) is 0 Å². The van der Waals surface area contributed by atoms with Gasteiger partial charge in [-0.05, 0) is 31.0 Å². The fourth-order valence-corrected chi connectivity index (χ4v) is 2.39. The fraction of sp³-hybridized carbons (Fsp3) is 0.467. The normalized spacial score (nSPS) is 23.5. The van der Waals surface area contributed by atoms with Crippen LogP contribution >= 0.6 is 0 Å². The maximum atomic E-state index is 5.90. The summed E-state index contributed by atoms with van der Waals surface area (Å²) in [5.74, 6) is 2.56. The summed E-state index contributed by atoms with van der Waals surface area (Å²) in [7, 11) is 0. The van der Waals surface area contributed by atoms with Gasteiger partial charge in [-0.2, -0.15) is 0 Å². The summed E-state index contributed by atoms with van der Waals surface area (Å²) in [6, 6.07) is 11.0. The Kier molecular flexibility index (Phi) is 2.67. The smallest absolute Gasteiger partial charge is 0.134 e. The van der Waals surface area contributed by atoms with Gasteiger partial charge in [-0.1, -0.05) is 32.0 Å². The lowest BCUT2D eigenvalue weighted by molar-refractivity contribution is 0.516. The second-order valence-electron chi connectivity index (χ2n) is 5.35. The maximum Gasteiger partial charge on any atom is 0.134 e. The van der Waals surface area contributed by atoms with Gasteiger partial charge < -0.3 is 9.73 Å². The zero-order valence-electron chi connectivity index (χ0n) is 10.4. The van der Waals surface area contributed by atoms with Crippen LogP contribution in [0.15, 0.2) is 34.7 Å². The molecule has 2 unspecified atom stereocenters. The monoisotopic (exact) mass is 229 g/mol. The molecule has 90 valence electrons. The van der Waals surface area contributed by atoms with Gasteiger partial charge in [0.15, 0.2) is 0 Å². The minimum Gasteiger partial charge on any atom is -0.461 e. The van der Waals surface area contributed by atoms with Gasteiger partial charge in [0.05, 0.1) is 0 Å². The molecule has 0 bridgehead atoms. The number of fused-ring (bicyclic) bond motifs is 1. The number of para-hydroxylation sites is 1. The van der Waals surface area contributed by atoms with Crippen molar-refractivity contribution in [3.8, 4) is 0 Å². The molecule has 1 aliphatic rings. The molecule has 2 aromatic rings. The molecule has 1 saturated carbocycles. The van der Waals surface area contributed by atoms with E-state index in [0.29, 0.717) is 12.0 Å². The number of benzene rings is 1. The van der Waals surface area contributed by atoms with Crippen LogP contribution in [-0.4, -0.2) is 12.6 Å². The van der Waals surface area contributed by atoms with E-state index in [4.69, 9.17) is 4.42 Å². The summed E-state index contributed by atoms with van der Waals surface area (Å²) in [4.78, 5) is 0. The molecule has 1 fully saturated rings. The predicted octanol–water partition coefficient (Wildman–Crippen LogP) is 3.53. The topological polar surface area (TPSA) is 25.2 Å². The molecule has 0 saturated heterocycles. The molecule has 1 aromatic carbocycles. The van der Waals surface area contributed by atoms with Crippen LogP contribution in [-0.2, 0) is 0 Å². The fourth-order valence-electron chi connectivity index (χ4n) is 2.39. The molecular weight excluding hydrogens is 210 g/mol. The highest BCUT2D eigenvalue weighted by molar-refractivity contribution is 5.77. The molecule has 17 heavy (non-hydrogen) atoms. The quantitative estimate of drug-likeness (QED) is 0.867. The Morgan fingerprint density at radius 3 is 2.94 bits per heavy atom. The van der Waals surface area contributed by atoms with Crippen LogP contribution < -0.4 is 5.32 Å². The van der Waals surface area contributed by atoms with Gasteiger partial charge in [0.25, 0.3) is 0 Å². The van der Waals surface area contributed by atoms with Crippen molar-refractivity contribution in [1.82, 2.24) is 5.32 Å². The van der Waals surface area contributed by atoms with Crippen molar-refractivity contribution in [2.24, 2.45) is 5.92 Å². The Labute approximate surface area is 102 Å². The summed E-state index contributed by atoms with van der Waals surface area (Å²) in [5, 5.41) is 4.73. The van der Waals surface area contributed by atoms with Crippen LogP contribution in [0.4, 0.5) is 0 Å². The largest absolute Gasteiger partial charge is 0.461 e. The van der Waals surface area contributed by atoms with E-state index in [2.05, 4.69) is 37.4 Å². The minimum absolute atomic E-state index is 0.576. The van der Waals surface area contributed by atoms with E-state index in [1.807, 2.05) is 12.1 Å². The van der Waals surface area contributed by atoms with Gasteiger partial charge in [0, 0.05) is 17.3 Å². The highest BCUT2D eigenvalue weighted by Crippen LogP contribution is 2.48. The summed E-state index contributed by atoms with van der Waals surface area (Å²) in [6.45, 7) is 5.50. The van der Waals surface area contributed by atoms with Crippen LogP contribution in [0.2, 0.25) is 0 Å². The van der Waals surface area contributed by atoms with Crippen molar-refractivity contribution in [2.75, 3.05) is 6.54 Å². The molecule has 1 N–H and O–H groups in total. The van der Waals surface area contributed by atoms with Crippen LogP contribution in [0.1, 0.15) is 31.9 Å². The van der Waals surface area contributed by atoms with E-state index in [1.165, 1.54) is 17.6 Å². The molecule has 0 amide bonds. The van der Waals surface area contributed by atoms with E-state index in [9.17, 15) is 0 Å². The first-order chi connectivity index (χ1) is 8.24. The van der Waals surface area contributed by atoms with Crippen molar-refractivity contribution < 1.29 is 4.42 Å². The van der Waals surface area contributed by atoms with Crippen LogP contribution in [0.25, 0.3) is 11.0 Å². The Balaban J connectivity index is 1.70. The third-order valence-electron chi connectivity index (χ3n) is 3.52. The number of rotatable bonds is 4. The average Bonchev–Trinajstić information content (AvgIpc) is 2.96. The number of hydrogen-bond donors (Lipinski definition) is 1. The molecule has 1 aliphatic carbocycles. The van der Waals surface area contributed by atoms with Gasteiger partial charge >= 0.3 is 0 Å². The number of nitrogens with one attached hydrogen (secondary N) is 1. The summed E-state index contributed by atoms with van der Waals surface area (Å²) in [6.07, 6.45) is 1.26. The van der Waals surface area contributed by atoms with E-state index in [1.54, 1.807) is 0 Å². The maximum absolute atomic E-state index is 5.90. The summed E-state index contributed by atoms with van der Waals surface area (Å²) < 4.78 is 5.90. The van der Waals surface area contributed by atoms with Gasteiger partial charge in [-0.25, -0.2) is 0 Å². The van der Waals surface area contributed by atoms with E-state index < -0.39 is 0 Å². The highest BCUT2D eigenvalue weighted by Gasteiger charge is 2.40. The Bertz CT molecular complexity index is 481. The zero-order chi connectivity index (χ0) is 11.8. The molecule has 1 heterocycles. The third kappa shape index (κ3) is 2.22. The lowest BCUT2D eigenvalue weighted by atomic mass is 10.2. The van der Waals surface area contributed by atoms with E-state index in [-0.39, 0.29) is 0 Å². The lowest BCUT2D eigenvalue weighted by Gasteiger charge is -2.06. The summed E-state index contributed by atoms with van der Waals surface area (Å²) in [5.41, 5.74) is 1.02. The van der Waals surface area contributed by atoms with E-state index >= 15 is 0 Å². The third-order valence-corrected chi connectivity index (χ3v) is 3.52. The van der Waals surface area contributed by atoms with Crippen LogP contribution in [0, 0.1) is 5.92 Å². The Morgan fingerprint density at radius 2 is 2.18 bits per heavy atom. The predicted molar refractivity (Wildman–Crippen MR) is 70.2 cm³/mol. The number of hydrogen-bond acceptors (Lipinski definition) is 2. The second-order valence-corrected chi connectivity index (χ2v) is 5.35. The molecule has 0 radical (unpaired) electrons. The van der Waals surface area contributed by atoms with E-state index in [0.717, 1.165) is 18.0 Å². The van der Waals surface area contributed by atoms with Crippen LogP contribution in [0.3, 0.4) is 0 Å². The average molecular weight is 229 g/mol. The first-order valence-corrected chi connectivity index (χ1v) is 6.46. The first-order valence-electron chi connectivity index (χ1n) is 6.46. The van der Waals surface area contributed by atoms with Gasteiger partial charge in [-0.3, -0.25) is 0 Å². The second kappa shape index (κ2) is 4.19. The molecule has 2 nitrogen and oxygen atoms in total. The van der Waals surface area contributed by atoms with Gasteiger partial charge in [0.1, 0.15) is 11.3 Å². The van der Waals surface area contributed by atoms with Crippen molar-refractivity contribution in [2.45, 2.75) is 32.2 Å². The zero-order valence-corrected chi connectivity index (χ0v) is 10.4. The first kappa shape index (κ1) is 10.8. The standard InChI is InChI=1S/C15H19NO/c1-10(2)16-9-12-7-13(12)15-8-11-5-3-4-6-14(11)17-15/h3-6,8,10,12-13,16H,7,9H2,1-2H3. The highest BCUT2D eigenvalue weighted by atomic mass is 16.3. The van der Waals surface area contributed by atoms with Crippen molar-refractivity contribution in [1.29, 1.82) is 0 Å². The molecule has 0 spiro atoms. The Hall–Kier alpha value is -1.28. The van der Waals surface area contributed by atoms with Crippen LogP contribution in [0.5, 0.6) is 0 Å². The molecule has 3 rings (SSSR count). The molecule has 2 atom stereocenters. The lowest BCUT2D eigenvalue weighted by Crippen LogP contribution is -2.25. The van der Waals surface area contributed by atoms with Crippen molar-refractivity contribution in [3.05, 3.63) is 36.1 Å². The molecule has 2 heteroatoms. The van der Waals surface area contributed by atoms with Crippen molar-refractivity contribution in [3.63, 3.8) is 0 Å². The summed E-state index contributed by atoms with van der Waals surface area (Å²) >= 11 is 0. The Morgan fingerprint density at radius 1 is 1.35 bits per heavy atom. The van der Waals surface area contributed by atoms with Crippen molar-refractivity contribution >= 4 is 11.0 Å². The molecular formula is C15H19NO. The minimum atomic E-state index is 0.576. The molecule has 0 aliphatic heterocycles.